The number of rotatable bonds is 5. The number of carbonyl (C=O) groups is 3. The van der Waals surface area contributed by atoms with Gasteiger partial charge in [-0.1, -0.05) is 12.1 Å². The van der Waals surface area contributed by atoms with Gasteiger partial charge in [0.1, 0.15) is 5.82 Å². The van der Waals surface area contributed by atoms with Crippen molar-refractivity contribution in [2.45, 2.75) is 32.4 Å². The van der Waals surface area contributed by atoms with Gasteiger partial charge in [-0.05, 0) is 50.6 Å². The number of nitrogens with zero attached hydrogens (tertiary/aromatic N) is 1. The van der Waals surface area contributed by atoms with Gasteiger partial charge in [-0.25, -0.2) is 9.18 Å². The number of urea groups is 1. The molecule has 26 heavy (non-hydrogen) atoms. The van der Waals surface area contributed by atoms with Crippen molar-refractivity contribution in [1.82, 2.24) is 20.9 Å². The maximum Gasteiger partial charge on any atom is 0.321 e. The van der Waals surface area contributed by atoms with Crippen LogP contribution in [0, 0.1) is 11.7 Å². The van der Waals surface area contributed by atoms with Crippen LogP contribution >= 0.6 is 0 Å². The maximum absolute atomic E-state index is 12.9. The van der Waals surface area contributed by atoms with Crippen LogP contribution in [0.3, 0.4) is 0 Å². The van der Waals surface area contributed by atoms with Crippen molar-refractivity contribution in [3.05, 3.63) is 35.6 Å². The molecular formula is C18H25FN4O3. The Morgan fingerprint density at radius 3 is 2.38 bits per heavy atom. The molecule has 3 N–H and O–H groups in total. The summed E-state index contributed by atoms with van der Waals surface area (Å²) < 4.78 is 12.9. The zero-order chi connectivity index (χ0) is 19.1. The van der Waals surface area contributed by atoms with E-state index in [0.29, 0.717) is 32.5 Å². The Hall–Kier alpha value is -2.48. The lowest BCUT2D eigenvalue weighted by Crippen LogP contribution is -2.52. The van der Waals surface area contributed by atoms with Crippen molar-refractivity contribution in [3.63, 3.8) is 0 Å². The number of likely N-dealkylation sites (tertiary alicyclic amines) is 1. The molecular weight excluding hydrogens is 339 g/mol. The zero-order valence-corrected chi connectivity index (χ0v) is 15.0. The van der Waals surface area contributed by atoms with Crippen LogP contribution in [0.5, 0.6) is 0 Å². The van der Waals surface area contributed by atoms with Crippen molar-refractivity contribution in [1.29, 1.82) is 0 Å². The smallest absolute Gasteiger partial charge is 0.321 e. The first kappa shape index (κ1) is 19.8. The van der Waals surface area contributed by atoms with E-state index in [4.69, 9.17) is 0 Å². The van der Waals surface area contributed by atoms with E-state index in [9.17, 15) is 18.8 Å². The fraction of sp³-hybridized carbons (Fsp3) is 0.500. The standard InChI is InChI=1S/C18H25FN4O3/c1-12(16(24)22-18(26)20-2)23-9-7-14(8-10-23)17(25)21-11-13-3-5-15(19)6-4-13/h3-6,12,14H,7-11H2,1-2H3,(H,21,25)(H2,20,22,24,26)/t12-/m0/s1. The van der Waals surface area contributed by atoms with Gasteiger partial charge in [0, 0.05) is 19.5 Å². The maximum atomic E-state index is 12.9. The van der Waals surface area contributed by atoms with Crippen LogP contribution in [0.25, 0.3) is 0 Å². The number of hydrogen-bond acceptors (Lipinski definition) is 4. The number of hydrogen-bond donors (Lipinski definition) is 3. The molecule has 1 atom stereocenters. The topological polar surface area (TPSA) is 90.5 Å². The first-order valence-electron chi connectivity index (χ1n) is 8.69. The van der Waals surface area contributed by atoms with Gasteiger partial charge in [-0.15, -0.1) is 0 Å². The molecule has 2 rings (SSSR count). The van der Waals surface area contributed by atoms with Crippen molar-refractivity contribution in [3.8, 4) is 0 Å². The Morgan fingerprint density at radius 2 is 1.81 bits per heavy atom. The highest BCUT2D eigenvalue weighted by Gasteiger charge is 2.30. The van der Waals surface area contributed by atoms with Crippen molar-refractivity contribution in [2.24, 2.45) is 5.92 Å². The lowest BCUT2D eigenvalue weighted by molar-refractivity contribution is -0.128. The first-order chi connectivity index (χ1) is 12.4. The van der Waals surface area contributed by atoms with Crippen LogP contribution in [0.4, 0.5) is 9.18 Å². The van der Waals surface area contributed by atoms with Crippen molar-refractivity contribution >= 4 is 17.8 Å². The summed E-state index contributed by atoms with van der Waals surface area (Å²) in [7, 11) is 1.45. The number of amides is 4. The predicted molar refractivity (Wildman–Crippen MR) is 94.6 cm³/mol. The van der Waals surface area contributed by atoms with Crippen molar-refractivity contribution in [2.75, 3.05) is 20.1 Å². The fourth-order valence-electron chi connectivity index (χ4n) is 2.93. The quantitative estimate of drug-likeness (QED) is 0.727. The summed E-state index contributed by atoms with van der Waals surface area (Å²) in [6, 6.07) is 5.05. The normalized spacial score (nSPS) is 16.6. The zero-order valence-electron chi connectivity index (χ0n) is 15.0. The lowest BCUT2D eigenvalue weighted by atomic mass is 9.95. The molecule has 7 nitrogen and oxygen atoms in total. The molecule has 142 valence electrons. The van der Waals surface area contributed by atoms with E-state index in [0.717, 1.165) is 5.56 Å². The van der Waals surface area contributed by atoms with Gasteiger partial charge in [0.05, 0.1) is 6.04 Å². The molecule has 4 amide bonds. The monoisotopic (exact) mass is 364 g/mol. The molecule has 0 bridgehead atoms. The van der Waals surface area contributed by atoms with Gasteiger partial charge >= 0.3 is 6.03 Å². The highest BCUT2D eigenvalue weighted by molar-refractivity contribution is 5.96. The Bertz CT molecular complexity index is 642. The van der Waals surface area contributed by atoms with Crippen LogP contribution in [0.2, 0.25) is 0 Å². The second-order valence-electron chi connectivity index (χ2n) is 6.40. The van der Waals surface area contributed by atoms with Crippen molar-refractivity contribution < 1.29 is 18.8 Å². The second-order valence-corrected chi connectivity index (χ2v) is 6.40. The molecule has 1 saturated heterocycles. The number of imide groups is 1. The van der Waals surface area contributed by atoms with E-state index in [2.05, 4.69) is 16.0 Å². The molecule has 0 unspecified atom stereocenters. The largest absolute Gasteiger partial charge is 0.352 e. The molecule has 0 aliphatic carbocycles. The van der Waals surface area contributed by atoms with Crippen LogP contribution in [0.15, 0.2) is 24.3 Å². The van der Waals surface area contributed by atoms with E-state index in [1.165, 1.54) is 19.2 Å². The Kier molecular flexibility index (Phi) is 7.08. The number of piperidine rings is 1. The van der Waals surface area contributed by atoms with Gasteiger partial charge in [0.2, 0.25) is 11.8 Å². The molecule has 0 saturated carbocycles. The minimum atomic E-state index is -0.531. The van der Waals surface area contributed by atoms with Crippen LogP contribution in [-0.4, -0.2) is 48.9 Å². The average Bonchev–Trinajstić information content (AvgIpc) is 2.66. The number of halogens is 1. The molecule has 1 heterocycles. The average molecular weight is 364 g/mol. The van der Waals surface area contributed by atoms with Gasteiger partial charge < -0.3 is 10.6 Å². The van der Waals surface area contributed by atoms with Crippen LogP contribution < -0.4 is 16.0 Å². The van der Waals surface area contributed by atoms with E-state index in [-0.39, 0.29) is 23.5 Å². The van der Waals surface area contributed by atoms with Gasteiger partial charge in [0.15, 0.2) is 0 Å². The van der Waals surface area contributed by atoms with E-state index in [1.807, 2.05) is 4.90 Å². The second kappa shape index (κ2) is 9.28. The Balaban J connectivity index is 1.76. The lowest BCUT2D eigenvalue weighted by Gasteiger charge is -2.34. The minimum Gasteiger partial charge on any atom is -0.352 e. The highest BCUT2D eigenvalue weighted by Crippen LogP contribution is 2.19. The molecule has 0 spiro atoms. The third-order valence-corrected chi connectivity index (χ3v) is 4.67. The molecule has 0 radical (unpaired) electrons. The predicted octanol–water partition coefficient (Wildman–Crippen LogP) is 0.998. The molecule has 0 aromatic heterocycles. The summed E-state index contributed by atoms with van der Waals surface area (Å²) in [6.07, 6.45) is 1.29. The van der Waals surface area contributed by atoms with Crippen LogP contribution in [0.1, 0.15) is 25.3 Å². The number of nitrogens with one attached hydrogen (secondary N) is 3. The van der Waals surface area contributed by atoms with Crippen LogP contribution in [-0.2, 0) is 16.1 Å². The summed E-state index contributed by atoms with van der Waals surface area (Å²) in [6.45, 7) is 3.32. The third kappa shape index (κ3) is 5.52. The van der Waals surface area contributed by atoms with Gasteiger partial charge in [-0.2, -0.15) is 0 Å². The summed E-state index contributed by atoms with van der Waals surface area (Å²) >= 11 is 0. The fourth-order valence-corrected chi connectivity index (χ4v) is 2.93. The number of benzene rings is 1. The molecule has 1 aliphatic rings. The summed E-state index contributed by atoms with van der Waals surface area (Å²) in [5.41, 5.74) is 0.844. The molecule has 1 aromatic carbocycles. The third-order valence-electron chi connectivity index (χ3n) is 4.67. The van der Waals surface area contributed by atoms with Gasteiger partial charge in [-0.3, -0.25) is 19.8 Å². The molecule has 1 aliphatic heterocycles. The number of carbonyl (C=O) groups excluding carboxylic acids is 3. The Morgan fingerprint density at radius 1 is 1.19 bits per heavy atom. The molecule has 1 aromatic rings. The summed E-state index contributed by atoms with van der Waals surface area (Å²) in [5, 5.41) is 7.49. The SMILES string of the molecule is CNC(=O)NC(=O)[C@H](C)N1CCC(C(=O)NCc2ccc(F)cc2)CC1. The molecule has 8 heteroatoms. The van der Waals surface area contributed by atoms with E-state index in [1.54, 1.807) is 19.1 Å². The highest BCUT2D eigenvalue weighted by atomic mass is 19.1. The summed E-state index contributed by atoms with van der Waals surface area (Å²) in [5.74, 6) is -0.803. The molecule has 1 fully saturated rings. The minimum absolute atomic E-state index is 0.0311. The first-order valence-corrected chi connectivity index (χ1v) is 8.69. The Labute approximate surface area is 152 Å². The van der Waals surface area contributed by atoms with E-state index < -0.39 is 12.1 Å². The van der Waals surface area contributed by atoms with Gasteiger partial charge in [0.25, 0.3) is 0 Å². The van der Waals surface area contributed by atoms with E-state index >= 15 is 0 Å². The summed E-state index contributed by atoms with van der Waals surface area (Å²) in [4.78, 5) is 37.5.